The smallest absolute Gasteiger partial charge is 0.410 e. The van der Waals surface area contributed by atoms with Gasteiger partial charge in [0, 0.05) is 37.3 Å². The average Bonchev–Trinajstić information content (AvgIpc) is 3.10. The van der Waals surface area contributed by atoms with E-state index in [1.54, 1.807) is 4.90 Å². The Morgan fingerprint density at radius 1 is 1.17 bits per heavy atom. The highest BCUT2D eigenvalue weighted by molar-refractivity contribution is 5.68. The van der Waals surface area contributed by atoms with Crippen LogP contribution in [0.25, 0.3) is 0 Å². The number of aromatic nitrogens is 2. The Kier molecular flexibility index (Phi) is 5.94. The van der Waals surface area contributed by atoms with E-state index in [1.807, 2.05) is 20.8 Å². The zero-order valence-corrected chi connectivity index (χ0v) is 18.1. The maximum absolute atomic E-state index is 13.5. The zero-order chi connectivity index (χ0) is 21.4. The van der Waals surface area contributed by atoms with Gasteiger partial charge in [0.15, 0.2) is 5.82 Å². The minimum Gasteiger partial charge on any atom is -0.444 e. The van der Waals surface area contributed by atoms with Crippen molar-refractivity contribution in [2.24, 2.45) is 5.92 Å². The molecule has 2 heterocycles. The van der Waals surface area contributed by atoms with Crippen molar-refractivity contribution < 1.29 is 22.8 Å². The van der Waals surface area contributed by atoms with Gasteiger partial charge in [0.1, 0.15) is 5.60 Å². The second-order valence-electron chi connectivity index (χ2n) is 9.86. The molecule has 1 aromatic rings. The van der Waals surface area contributed by atoms with Crippen molar-refractivity contribution in [3.63, 3.8) is 0 Å². The van der Waals surface area contributed by atoms with E-state index in [4.69, 9.17) is 9.26 Å². The first-order valence-corrected chi connectivity index (χ1v) is 10.6. The molecule has 1 aromatic heterocycles. The fourth-order valence-corrected chi connectivity index (χ4v) is 4.36. The summed E-state index contributed by atoms with van der Waals surface area (Å²) < 4.78 is 37.9. The molecule has 0 bridgehead atoms. The highest BCUT2D eigenvalue weighted by atomic mass is 19.3. The fourth-order valence-electron chi connectivity index (χ4n) is 4.36. The number of halogens is 2. The summed E-state index contributed by atoms with van der Waals surface area (Å²) in [5.74, 6) is -1.30. The number of ether oxygens (including phenoxy) is 1. The lowest BCUT2D eigenvalue weighted by Crippen LogP contribution is -2.49. The maximum Gasteiger partial charge on any atom is 0.410 e. The van der Waals surface area contributed by atoms with Crippen molar-refractivity contribution in [2.45, 2.75) is 96.0 Å². The third-order valence-corrected chi connectivity index (χ3v) is 6.37. The van der Waals surface area contributed by atoms with Crippen LogP contribution in [0.4, 0.5) is 13.6 Å². The second kappa shape index (κ2) is 7.84. The van der Waals surface area contributed by atoms with Crippen LogP contribution < -0.4 is 0 Å². The molecule has 1 saturated heterocycles. The van der Waals surface area contributed by atoms with Gasteiger partial charge < -0.3 is 14.2 Å². The Labute approximate surface area is 171 Å². The molecule has 2 aliphatic rings. The van der Waals surface area contributed by atoms with Gasteiger partial charge in [0.2, 0.25) is 11.8 Å². The number of carbonyl (C=O) groups is 1. The summed E-state index contributed by atoms with van der Waals surface area (Å²) in [6.07, 6.45) is 1.61. The lowest BCUT2D eigenvalue weighted by molar-refractivity contribution is -0.0402. The van der Waals surface area contributed by atoms with Crippen LogP contribution in [0.3, 0.4) is 0 Å². The summed E-state index contributed by atoms with van der Waals surface area (Å²) in [5, 5.41) is 4.27. The SMILES string of the molecule is CC(C)C1(c2noc(C3CCC(F)(F)CC3)n2)CCN(C(=O)OC(C)(C)C)CC1. The number of piperidine rings is 1. The maximum atomic E-state index is 13.5. The highest BCUT2D eigenvalue weighted by Gasteiger charge is 2.45. The molecule has 1 amide bonds. The molecular formula is C21H33F2N3O3. The predicted molar refractivity (Wildman–Crippen MR) is 104 cm³/mol. The number of rotatable bonds is 3. The van der Waals surface area contributed by atoms with Crippen molar-refractivity contribution in [1.29, 1.82) is 0 Å². The number of hydrogen-bond donors (Lipinski definition) is 0. The average molecular weight is 414 g/mol. The quantitative estimate of drug-likeness (QED) is 0.674. The molecule has 2 fully saturated rings. The van der Waals surface area contributed by atoms with Gasteiger partial charge in [-0.15, -0.1) is 0 Å². The number of alkyl halides is 2. The van der Waals surface area contributed by atoms with Crippen molar-refractivity contribution in [2.75, 3.05) is 13.1 Å². The lowest BCUT2D eigenvalue weighted by Gasteiger charge is -2.42. The molecule has 1 aliphatic carbocycles. The summed E-state index contributed by atoms with van der Waals surface area (Å²) in [6.45, 7) is 10.9. The van der Waals surface area contributed by atoms with E-state index in [2.05, 4.69) is 24.0 Å². The molecule has 0 atom stereocenters. The molecule has 0 radical (unpaired) electrons. The minimum absolute atomic E-state index is 0.0954. The van der Waals surface area contributed by atoms with Crippen LogP contribution in [-0.2, 0) is 10.2 Å². The van der Waals surface area contributed by atoms with Crippen LogP contribution >= 0.6 is 0 Å². The van der Waals surface area contributed by atoms with Crippen LogP contribution in [0.15, 0.2) is 4.52 Å². The Hall–Kier alpha value is -1.73. The zero-order valence-electron chi connectivity index (χ0n) is 18.1. The van der Waals surface area contributed by atoms with Crippen LogP contribution in [0, 0.1) is 5.92 Å². The molecule has 0 aromatic carbocycles. The van der Waals surface area contributed by atoms with Gasteiger partial charge in [-0.1, -0.05) is 19.0 Å². The Balaban J connectivity index is 1.70. The van der Waals surface area contributed by atoms with E-state index >= 15 is 0 Å². The van der Waals surface area contributed by atoms with Crippen LogP contribution in [0.1, 0.15) is 90.8 Å². The normalized spacial score (nSPS) is 22.7. The summed E-state index contributed by atoms with van der Waals surface area (Å²) in [5.41, 5.74) is -0.818. The molecule has 6 nitrogen and oxygen atoms in total. The van der Waals surface area contributed by atoms with E-state index in [-0.39, 0.29) is 36.2 Å². The van der Waals surface area contributed by atoms with Crippen LogP contribution in [0.2, 0.25) is 0 Å². The van der Waals surface area contributed by atoms with E-state index in [0.29, 0.717) is 50.5 Å². The van der Waals surface area contributed by atoms with Gasteiger partial charge in [-0.05, 0) is 52.4 Å². The largest absolute Gasteiger partial charge is 0.444 e. The molecule has 8 heteroatoms. The second-order valence-corrected chi connectivity index (χ2v) is 9.86. The first-order chi connectivity index (χ1) is 13.4. The van der Waals surface area contributed by atoms with E-state index in [1.165, 1.54) is 0 Å². The van der Waals surface area contributed by atoms with E-state index in [0.717, 1.165) is 0 Å². The van der Waals surface area contributed by atoms with Gasteiger partial charge in [-0.3, -0.25) is 0 Å². The Bertz CT molecular complexity index is 709. The molecule has 1 saturated carbocycles. The summed E-state index contributed by atoms with van der Waals surface area (Å²) in [4.78, 5) is 18.8. The molecule has 1 aliphatic heterocycles. The number of amides is 1. The molecule has 0 spiro atoms. The van der Waals surface area contributed by atoms with Crippen molar-refractivity contribution in [3.8, 4) is 0 Å². The fraction of sp³-hybridized carbons (Fsp3) is 0.857. The van der Waals surface area contributed by atoms with E-state index in [9.17, 15) is 13.6 Å². The molecular weight excluding hydrogens is 380 g/mol. The molecule has 164 valence electrons. The van der Waals surface area contributed by atoms with Gasteiger partial charge in [-0.25, -0.2) is 13.6 Å². The Morgan fingerprint density at radius 2 is 1.76 bits per heavy atom. The first-order valence-electron chi connectivity index (χ1n) is 10.6. The molecule has 3 rings (SSSR count). The van der Waals surface area contributed by atoms with Crippen molar-refractivity contribution in [1.82, 2.24) is 15.0 Å². The van der Waals surface area contributed by atoms with Gasteiger partial charge in [-0.2, -0.15) is 4.98 Å². The van der Waals surface area contributed by atoms with Gasteiger partial charge in [0.25, 0.3) is 0 Å². The summed E-state index contributed by atoms with van der Waals surface area (Å²) in [7, 11) is 0. The van der Waals surface area contributed by atoms with Crippen molar-refractivity contribution >= 4 is 6.09 Å². The van der Waals surface area contributed by atoms with Gasteiger partial charge in [0.05, 0.1) is 0 Å². The van der Waals surface area contributed by atoms with E-state index < -0.39 is 11.5 Å². The van der Waals surface area contributed by atoms with Gasteiger partial charge >= 0.3 is 6.09 Å². The number of carbonyl (C=O) groups excluding carboxylic acids is 1. The third kappa shape index (κ3) is 4.89. The lowest BCUT2D eigenvalue weighted by atomic mass is 9.69. The Morgan fingerprint density at radius 3 is 2.28 bits per heavy atom. The molecule has 29 heavy (non-hydrogen) atoms. The number of nitrogens with zero attached hydrogens (tertiary/aromatic N) is 3. The summed E-state index contributed by atoms with van der Waals surface area (Å²) in [6, 6.07) is 0. The topological polar surface area (TPSA) is 68.5 Å². The first kappa shape index (κ1) is 22.0. The highest BCUT2D eigenvalue weighted by Crippen LogP contribution is 2.43. The third-order valence-electron chi connectivity index (χ3n) is 6.37. The molecule has 0 unspecified atom stereocenters. The molecule has 0 N–H and O–H groups in total. The number of likely N-dealkylation sites (tertiary alicyclic amines) is 1. The van der Waals surface area contributed by atoms with Crippen molar-refractivity contribution in [3.05, 3.63) is 11.7 Å². The standard InChI is InChI=1S/C21H33F2N3O3/c1-14(2)20(10-12-26(13-11-20)18(27)28-19(3,4)5)17-24-16(29-25-17)15-6-8-21(22,23)9-7-15/h14-15H,6-13H2,1-5H3. The van der Waals surface area contributed by atoms with Crippen LogP contribution in [-0.4, -0.2) is 45.7 Å². The van der Waals surface area contributed by atoms with Crippen LogP contribution in [0.5, 0.6) is 0 Å². The minimum atomic E-state index is -2.58. The predicted octanol–water partition coefficient (Wildman–Crippen LogP) is 5.29. The summed E-state index contributed by atoms with van der Waals surface area (Å²) >= 11 is 0. The number of hydrogen-bond acceptors (Lipinski definition) is 5. The monoisotopic (exact) mass is 413 g/mol.